The van der Waals surface area contributed by atoms with E-state index in [1.165, 1.54) is 12.1 Å². The lowest BCUT2D eigenvalue weighted by molar-refractivity contribution is 0.392. The van der Waals surface area contributed by atoms with Gasteiger partial charge in [0.25, 0.3) is 0 Å². The minimum Gasteiger partial charge on any atom is -0.361 e. The van der Waals surface area contributed by atoms with Crippen molar-refractivity contribution in [1.82, 2.24) is 15.8 Å². The maximum atomic E-state index is 12.8. The lowest BCUT2D eigenvalue weighted by Crippen LogP contribution is -2.38. The van der Waals surface area contributed by atoms with Crippen LogP contribution in [0.5, 0.6) is 0 Å². The van der Waals surface area contributed by atoms with Crippen LogP contribution in [-0.4, -0.2) is 37.0 Å². The Morgan fingerprint density at radius 2 is 1.92 bits per heavy atom. The van der Waals surface area contributed by atoms with Gasteiger partial charge >= 0.3 is 0 Å². The molecule has 0 saturated carbocycles. The summed E-state index contributed by atoms with van der Waals surface area (Å²) in [5.74, 6) is 2.44. The summed E-state index contributed by atoms with van der Waals surface area (Å²) >= 11 is 1.72. The minimum absolute atomic E-state index is 0.197. The summed E-state index contributed by atoms with van der Waals surface area (Å²) in [5, 5.41) is 10.6. The molecule has 1 aromatic heterocycles. The highest BCUT2D eigenvalue weighted by Gasteiger charge is 2.08. The number of aryl methyl sites for hydroxylation is 2. The number of benzene rings is 1. The zero-order valence-electron chi connectivity index (χ0n) is 14.9. The van der Waals surface area contributed by atoms with Gasteiger partial charge in [-0.15, -0.1) is 11.8 Å². The molecule has 0 fully saturated rings. The lowest BCUT2D eigenvalue weighted by atomic mass is 10.1. The Labute approximate surface area is 152 Å². The van der Waals surface area contributed by atoms with Crippen LogP contribution in [0.2, 0.25) is 0 Å². The third-order valence-corrected chi connectivity index (χ3v) is 4.87. The van der Waals surface area contributed by atoms with E-state index in [4.69, 9.17) is 4.52 Å². The minimum atomic E-state index is -0.197. The van der Waals surface area contributed by atoms with E-state index >= 15 is 0 Å². The summed E-state index contributed by atoms with van der Waals surface area (Å²) in [6, 6.07) is 6.60. The van der Waals surface area contributed by atoms with Crippen molar-refractivity contribution in [2.75, 3.05) is 25.9 Å². The first-order valence-corrected chi connectivity index (χ1v) is 9.33. The second-order valence-corrected chi connectivity index (χ2v) is 6.80. The van der Waals surface area contributed by atoms with Gasteiger partial charge in [-0.05, 0) is 56.7 Å². The van der Waals surface area contributed by atoms with E-state index in [-0.39, 0.29) is 5.82 Å². The van der Waals surface area contributed by atoms with Crippen LogP contribution in [-0.2, 0) is 6.42 Å². The highest BCUT2D eigenvalue weighted by molar-refractivity contribution is 7.99. The standard InChI is InChI=1S/C18H25FN4OS/c1-13-17(14(2)24-23-13)9-11-22-18(20-3)21-10-4-12-25-16-7-5-15(19)6-8-16/h5-8H,4,9-12H2,1-3H3,(H2,20,21,22). The van der Waals surface area contributed by atoms with Crippen LogP contribution in [0.1, 0.15) is 23.4 Å². The summed E-state index contributed by atoms with van der Waals surface area (Å²) in [7, 11) is 1.76. The highest BCUT2D eigenvalue weighted by atomic mass is 32.2. The van der Waals surface area contributed by atoms with Gasteiger partial charge < -0.3 is 15.2 Å². The number of hydrogen-bond donors (Lipinski definition) is 2. The lowest BCUT2D eigenvalue weighted by Gasteiger charge is -2.11. The molecule has 136 valence electrons. The van der Waals surface area contributed by atoms with Crippen molar-refractivity contribution in [3.8, 4) is 0 Å². The number of nitrogens with one attached hydrogen (secondary N) is 2. The quantitative estimate of drug-likeness (QED) is 0.326. The summed E-state index contributed by atoms with van der Waals surface area (Å²) in [6.45, 7) is 5.49. The van der Waals surface area contributed by atoms with Crippen molar-refractivity contribution in [1.29, 1.82) is 0 Å². The van der Waals surface area contributed by atoms with Gasteiger partial charge in [0.05, 0.1) is 5.69 Å². The number of nitrogens with zero attached hydrogens (tertiary/aromatic N) is 2. The van der Waals surface area contributed by atoms with Crippen molar-refractivity contribution in [3.05, 3.63) is 47.1 Å². The molecule has 0 radical (unpaired) electrons. The van der Waals surface area contributed by atoms with Crippen LogP contribution in [0.25, 0.3) is 0 Å². The molecule has 0 spiro atoms. The molecule has 0 atom stereocenters. The van der Waals surface area contributed by atoms with Crippen LogP contribution in [0.4, 0.5) is 4.39 Å². The van der Waals surface area contributed by atoms with Crippen molar-refractivity contribution in [3.63, 3.8) is 0 Å². The molecule has 0 saturated heterocycles. The van der Waals surface area contributed by atoms with Crippen molar-refractivity contribution < 1.29 is 8.91 Å². The molecule has 1 heterocycles. The second kappa shape index (κ2) is 10.1. The van der Waals surface area contributed by atoms with Gasteiger partial charge in [0, 0.05) is 30.6 Å². The molecule has 0 unspecified atom stereocenters. The number of halogens is 1. The van der Waals surface area contributed by atoms with Gasteiger partial charge in [-0.3, -0.25) is 4.99 Å². The average Bonchev–Trinajstić information content (AvgIpc) is 2.93. The van der Waals surface area contributed by atoms with E-state index in [1.54, 1.807) is 18.8 Å². The van der Waals surface area contributed by atoms with Crippen LogP contribution in [0.3, 0.4) is 0 Å². The molecular weight excluding hydrogens is 339 g/mol. The highest BCUT2D eigenvalue weighted by Crippen LogP contribution is 2.18. The molecule has 2 rings (SSSR count). The Bertz CT molecular complexity index is 665. The maximum absolute atomic E-state index is 12.8. The molecule has 2 N–H and O–H groups in total. The zero-order valence-corrected chi connectivity index (χ0v) is 15.8. The van der Waals surface area contributed by atoms with Crippen LogP contribution >= 0.6 is 11.8 Å². The summed E-state index contributed by atoms with van der Waals surface area (Å²) in [4.78, 5) is 5.31. The molecule has 2 aromatic rings. The Morgan fingerprint density at radius 3 is 2.56 bits per heavy atom. The maximum Gasteiger partial charge on any atom is 0.190 e. The van der Waals surface area contributed by atoms with Crippen LogP contribution in [0.15, 0.2) is 38.7 Å². The molecule has 0 aliphatic rings. The molecule has 0 amide bonds. The number of aromatic nitrogens is 1. The molecule has 5 nitrogen and oxygen atoms in total. The van der Waals surface area contributed by atoms with E-state index < -0.39 is 0 Å². The van der Waals surface area contributed by atoms with Crippen LogP contribution < -0.4 is 10.6 Å². The molecule has 1 aromatic carbocycles. The normalized spacial score (nSPS) is 11.6. The number of rotatable bonds is 8. The predicted molar refractivity (Wildman–Crippen MR) is 101 cm³/mol. The first kappa shape index (κ1) is 19.3. The average molecular weight is 364 g/mol. The smallest absolute Gasteiger partial charge is 0.190 e. The largest absolute Gasteiger partial charge is 0.361 e. The van der Waals surface area contributed by atoms with E-state index in [0.29, 0.717) is 0 Å². The third kappa shape index (κ3) is 6.42. The van der Waals surface area contributed by atoms with Crippen molar-refractivity contribution in [2.24, 2.45) is 4.99 Å². The fourth-order valence-electron chi connectivity index (χ4n) is 2.39. The van der Waals surface area contributed by atoms with Gasteiger partial charge in [0.1, 0.15) is 11.6 Å². The number of thioether (sulfide) groups is 1. The molecular formula is C18H25FN4OS. The number of aliphatic imine (C=N–C) groups is 1. The molecule has 0 aliphatic carbocycles. The first-order valence-electron chi connectivity index (χ1n) is 8.34. The second-order valence-electron chi connectivity index (χ2n) is 5.63. The van der Waals surface area contributed by atoms with E-state index in [0.717, 1.165) is 59.6 Å². The Kier molecular flexibility index (Phi) is 7.78. The predicted octanol–water partition coefficient (Wildman–Crippen LogP) is 3.32. The molecule has 7 heteroatoms. The Hall–Kier alpha value is -2.02. The van der Waals surface area contributed by atoms with Gasteiger partial charge in [-0.2, -0.15) is 0 Å². The summed E-state index contributed by atoms with van der Waals surface area (Å²) < 4.78 is 18.0. The summed E-state index contributed by atoms with van der Waals surface area (Å²) in [5.41, 5.74) is 2.10. The van der Waals surface area contributed by atoms with E-state index in [9.17, 15) is 4.39 Å². The Balaban J connectivity index is 1.61. The van der Waals surface area contributed by atoms with E-state index in [1.807, 2.05) is 26.0 Å². The summed E-state index contributed by atoms with van der Waals surface area (Å²) in [6.07, 6.45) is 1.84. The monoisotopic (exact) mass is 364 g/mol. The third-order valence-electron chi connectivity index (χ3n) is 3.77. The fraction of sp³-hybridized carbons (Fsp3) is 0.444. The van der Waals surface area contributed by atoms with Crippen molar-refractivity contribution in [2.45, 2.75) is 31.6 Å². The first-order chi connectivity index (χ1) is 12.1. The Morgan fingerprint density at radius 1 is 1.20 bits per heavy atom. The van der Waals surface area contributed by atoms with Gasteiger partial charge in [-0.1, -0.05) is 5.16 Å². The topological polar surface area (TPSA) is 62.5 Å². The van der Waals surface area contributed by atoms with Gasteiger partial charge in [0.15, 0.2) is 5.96 Å². The SMILES string of the molecule is CN=C(NCCCSc1ccc(F)cc1)NCCc1c(C)noc1C. The van der Waals surface area contributed by atoms with E-state index in [2.05, 4.69) is 20.8 Å². The number of guanidine groups is 1. The zero-order chi connectivity index (χ0) is 18.1. The molecule has 0 aliphatic heterocycles. The van der Waals surface area contributed by atoms with Crippen molar-refractivity contribution >= 4 is 17.7 Å². The van der Waals surface area contributed by atoms with Crippen LogP contribution in [0, 0.1) is 19.7 Å². The number of hydrogen-bond acceptors (Lipinski definition) is 4. The molecule has 0 bridgehead atoms. The van der Waals surface area contributed by atoms with Gasteiger partial charge in [0.2, 0.25) is 0 Å². The van der Waals surface area contributed by atoms with Gasteiger partial charge in [-0.25, -0.2) is 4.39 Å². The fourth-order valence-corrected chi connectivity index (χ4v) is 3.24. The molecule has 25 heavy (non-hydrogen) atoms.